The Kier molecular flexibility index (Phi) is 17.9. The molecule has 300 valence electrons. The van der Waals surface area contributed by atoms with Crippen LogP contribution in [0.4, 0.5) is 0 Å². The summed E-state index contributed by atoms with van der Waals surface area (Å²) in [6.07, 6.45) is 2.44. The summed E-state index contributed by atoms with van der Waals surface area (Å²) in [5, 5.41) is 84.5. The number of benzene rings is 1. The SMILES string of the molecule is CC(O)CCCC/C=C\CCCCCCCC(=O)NCCc1c[nH]c2ccc(O[C@H]3O[C@H](CO[C@H]4O[C@H](CO)[C@@H](O)[C@@H](O)[C@@H]4O)[C@@H](O)[C@@H](O)[C@@H]3O)cc12. The van der Waals surface area contributed by atoms with Gasteiger partial charge >= 0.3 is 0 Å². The number of hydrogen-bond donors (Lipinski definition) is 10. The predicted molar refractivity (Wildman–Crippen MR) is 194 cm³/mol. The smallest absolute Gasteiger partial charge is 0.229 e. The number of fused-ring (bicyclic) bond motifs is 1. The molecule has 11 atom stereocenters. The van der Waals surface area contributed by atoms with Crippen LogP contribution in [0, 0.1) is 0 Å². The predicted octanol–water partition coefficient (Wildman–Crippen LogP) is 1.06. The van der Waals surface area contributed by atoms with Gasteiger partial charge in [-0.3, -0.25) is 4.79 Å². The highest BCUT2D eigenvalue weighted by atomic mass is 16.7. The third-order valence-corrected chi connectivity index (χ3v) is 9.83. The second kappa shape index (κ2) is 22.0. The summed E-state index contributed by atoms with van der Waals surface area (Å²) in [6.45, 7) is 1.16. The number of allylic oxidation sites excluding steroid dienone is 2. The van der Waals surface area contributed by atoms with Gasteiger partial charge in [-0.05, 0) is 75.6 Å². The number of rotatable bonds is 22. The fraction of sp³-hybridized carbons (Fsp3) is 0.711. The molecule has 3 heterocycles. The number of aromatic amines is 1. The average Bonchev–Trinajstić information content (AvgIpc) is 3.54. The monoisotopic (exact) mass is 752 g/mol. The van der Waals surface area contributed by atoms with Crippen LogP contribution in [0.2, 0.25) is 0 Å². The number of H-pyrrole nitrogens is 1. The van der Waals surface area contributed by atoms with E-state index in [1.807, 2.05) is 13.1 Å². The lowest BCUT2D eigenvalue weighted by Crippen LogP contribution is -2.62. The fourth-order valence-corrected chi connectivity index (χ4v) is 6.56. The number of ether oxygens (including phenoxy) is 4. The van der Waals surface area contributed by atoms with Crippen molar-refractivity contribution in [2.45, 2.75) is 151 Å². The number of carbonyl (C=O) groups excluding carboxylic acids is 1. The average molecular weight is 753 g/mol. The van der Waals surface area contributed by atoms with E-state index >= 15 is 0 Å². The molecular weight excluding hydrogens is 692 g/mol. The Balaban J connectivity index is 1.17. The first kappa shape index (κ1) is 43.1. The highest BCUT2D eigenvalue weighted by molar-refractivity contribution is 5.84. The van der Waals surface area contributed by atoms with Gasteiger partial charge in [0.05, 0.1) is 19.3 Å². The summed E-state index contributed by atoms with van der Waals surface area (Å²) in [5.74, 6) is 0.324. The van der Waals surface area contributed by atoms with Crippen molar-refractivity contribution < 1.29 is 64.6 Å². The number of aromatic nitrogens is 1. The Morgan fingerprint density at radius 3 is 2.21 bits per heavy atom. The van der Waals surface area contributed by atoms with E-state index in [9.17, 15) is 45.6 Å². The van der Waals surface area contributed by atoms with Crippen molar-refractivity contribution >= 4 is 16.8 Å². The first-order valence-corrected chi connectivity index (χ1v) is 19.0. The third kappa shape index (κ3) is 13.0. The largest absolute Gasteiger partial charge is 0.462 e. The Hall–Kier alpha value is -2.67. The number of amides is 1. The van der Waals surface area contributed by atoms with Crippen LogP contribution in [0.15, 0.2) is 36.5 Å². The van der Waals surface area contributed by atoms with E-state index in [4.69, 9.17) is 18.9 Å². The van der Waals surface area contributed by atoms with Gasteiger partial charge < -0.3 is 70.1 Å². The Morgan fingerprint density at radius 2 is 1.49 bits per heavy atom. The molecule has 53 heavy (non-hydrogen) atoms. The zero-order valence-corrected chi connectivity index (χ0v) is 30.5. The summed E-state index contributed by atoms with van der Waals surface area (Å²) in [7, 11) is 0. The van der Waals surface area contributed by atoms with E-state index in [0.717, 1.165) is 80.7 Å². The molecule has 2 saturated heterocycles. The molecular formula is C38H60N2O13. The van der Waals surface area contributed by atoms with Gasteiger partial charge in [0, 0.05) is 30.1 Å². The fourth-order valence-electron chi connectivity index (χ4n) is 6.56. The Labute approximate surface area is 310 Å². The molecule has 0 spiro atoms. The molecule has 1 aromatic carbocycles. The Morgan fingerprint density at radius 1 is 0.849 bits per heavy atom. The van der Waals surface area contributed by atoms with Crippen molar-refractivity contribution in [1.82, 2.24) is 10.3 Å². The zero-order chi connectivity index (χ0) is 38.3. The first-order valence-electron chi connectivity index (χ1n) is 19.0. The molecule has 1 aromatic heterocycles. The van der Waals surface area contributed by atoms with E-state index in [1.165, 1.54) is 0 Å². The van der Waals surface area contributed by atoms with Gasteiger partial charge in [-0.25, -0.2) is 0 Å². The molecule has 2 aliphatic heterocycles. The van der Waals surface area contributed by atoms with Crippen LogP contribution < -0.4 is 10.1 Å². The zero-order valence-electron chi connectivity index (χ0n) is 30.5. The minimum Gasteiger partial charge on any atom is -0.462 e. The molecule has 4 rings (SSSR count). The lowest BCUT2D eigenvalue weighted by atomic mass is 9.98. The first-order chi connectivity index (χ1) is 25.5. The van der Waals surface area contributed by atoms with Crippen molar-refractivity contribution in [2.75, 3.05) is 19.8 Å². The van der Waals surface area contributed by atoms with E-state index in [-0.39, 0.29) is 12.0 Å². The normalized spacial score (nSPS) is 29.8. The van der Waals surface area contributed by atoms with E-state index < -0.39 is 74.6 Å². The molecule has 2 aromatic rings. The van der Waals surface area contributed by atoms with Crippen LogP contribution in [0.25, 0.3) is 10.9 Å². The summed E-state index contributed by atoms with van der Waals surface area (Å²) in [4.78, 5) is 15.6. The number of aliphatic hydroxyl groups is 8. The van der Waals surface area contributed by atoms with Crippen molar-refractivity contribution in [3.8, 4) is 5.75 Å². The van der Waals surface area contributed by atoms with Crippen LogP contribution in [0.1, 0.15) is 83.1 Å². The van der Waals surface area contributed by atoms with Gasteiger partial charge in [0.1, 0.15) is 54.6 Å². The van der Waals surface area contributed by atoms with E-state index in [2.05, 4.69) is 22.5 Å². The third-order valence-electron chi connectivity index (χ3n) is 9.83. The molecule has 2 fully saturated rings. The topological polar surface area (TPSA) is 244 Å². The van der Waals surface area contributed by atoms with Gasteiger partial charge in [0.2, 0.25) is 12.2 Å². The highest BCUT2D eigenvalue weighted by Crippen LogP contribution is 2.29. The minimum atomic E-state index is -1.68. The van der Waals surface area contributed by atoms with Crippen LogP contribution in [-0.4, -0.2) is 139 Å². The minimum absolute atomic E-state index is 0.0154. The van der Waals surface area contributed by atoms with Crippen molar-refractivity contribution in [1.29, 1.82) is 0 Å². The maximum Gasteiger partial charge on any atom is 0.229 e. The molecule has 10 N–H and O–H groups in total. The maximum atomic E-state index is 12.4. The summed E-state index contributed by atoms with van der Waals surface area (Å²) in [6, 6.07) is 5.17. The van der Waals surface area contributed by atoms with E-state index in [1.54, 1.807) is 18.2 Å². The summed E-state index contributed by atoms with van der Waals surface area (Å²) >= 11 is 0. The Bertz CT molecular complexity index is 1390. The summed E-state index contributed by atoms with van der Waals surface area (Å²) in [5.41, 5.74) is 1.76. The molecule has 1 amide bonds. The summed E-state index contributed by atoms with van der Waals surface area (Å²) < 4.78 is 22.5. The second-order valence-corrected chi connectivity index (χ2v) is 14.2. The van der Waals surface area contributed by atoms with E-state index in [0.29, 0.717) is 25.1 Å². The van der Waals surface area contributed by atoms with Gasteiger partial charge in [0.15, 0.2) is 6.29 Å². The molecule has 15 heteroatoms. The van der Waals surface area contributed by atoms with Crippen LogP contribution >= 0.6 is 0 Å². The molecule has 0 aliphatic carbocycles. The van der Waals surface area contributed by atoms with Gasteiger partial charge in [-0.1, -0.05) is 37.8 Å². The van der Waals surface area contributed by atoms with Crippen molar-refractivity contribution in [3.63, 3.8) is 0 Å². The van der Waals surface area contributed by atoms with Gasteiger partial charge in [0.25, 0.3) is 0 Å². The molecule has 0 saturated carbocycles. The lowest BCUT2D eigenvalue weighted by Gasteiger charge is -2.42. The molecule has 2 aliphatic rings. The number of nitrogens with one attached hydrogen (secondary N) is 2. The second-order valence-electron chi connectivity index (χ2n) is 14.2. The quantitative estimate of drug-likeness (QED) is 0.0599. The maximum absolute atomic E-state index is 12.4. The molecule has 0 radical (unpaired) electrons. The van der Waals surface area contributed by atoms with Crippen LogP contribution in [0.5, 0.6) is 5.75 Å². The number of unbranched alkanes of at least 4 members (excludes halogenated alkanes) is 7. The van der Waals surface area contributed by atoms with Crippen molar-refractivity contribution in [2.24, 2.45) is 0 Å². The highest BCUT2D eigenvalue weighted by Gasteiger charge is 2.48. The lowest BCUT2D eigenvalue weighted by molar-refractivity contribution is -0.323. The van der Waals surface area contributed by atoms with Gasteiger partial charge in [-0.15, -0.1) is 0 Å². The van der Waals surface area contributed by atoms with Crippen LogP contribution in [-0.2, 0) is 25.4 Å². The number of aliphatic hydroxyl groups excluding tert-OH is 8. The van der Waals surface area contributed by atoms with Gasteiger partial charge in [-0.2, -0.15) is 0 Å². The molecule has 15 nitrogen and oxygen atoms in total. The van der Waals surface area contributed by atoms with Crippen LogP contribution in [0.3, 0.4) is 0 Å². The molecule has 1 unspecified atom stereocenters. The molecule has 0 bridgehead atoms. The standard InChI is InChI=1S/C38H60N2O13/c1-23(42)13-11-9-7-5-3-2-4-6-8-10-12-14-30(43)39-18-17-24-20-40-27-16-15-25(19-26(24)27)51-38-36(49)34(47)32(45)29(53-38)22-50-37-35(48)33(46)31(44)28(21-41)52-37/h3,5,15-16,19-20,23,28-29,31-38,40-42,44-49H,2,4,6-14,17-18,21-22H2,1H3,(H,39,43)/b5-3-/t23?,28-,29-,31-,32-,33-,34-,35+,36+,37+,38+/m1/s1. The number of hydrogen-bond acceptors (Lipinski definition) is 13. The van der Waals surface area contributed by atoms with Crippen molar-refractivity contribution in [3.05, 3.63) is 42.1 Å². The number of carbonyl (C=O) groups is 1.